The first-order valence-electron chi connectivity index (χ1n) is 7.53. The number of pyridine rings is 1. The van der Waals surface area contributed by atoms with Crippen LogP contribution in [0.2, 0.25) is 0 Å². The number of hydrogen-bond acceptors (Lipinski definition) is 4. The molecule has 0 fully saturated rings. The van der Waals surface area contributed by atoms with Crippen molar-refractivity contribution in [2.45, 2.75) is 12.8 Å². The normalized spacial score (nSPS) is 11.6. The molecule has 3 aromatic heterocycles. The number of rotatable bonds is 4. The molecule has 4 rings (SSSR count). The Morgan fingerprint density at radius 3 is 2.65 bits per heavy atom. The van der Waals surface area contributed by atoms with Gasteiger partial charge in [-0.05, 0) is 23.8 Å². The Morgan fingerprint density at radius 2 is 1.92 bits per heavy atom. The van der Waals surface area contributed by atoms with Crippen LogP contribution >= 0.6 is 0 Å². The first-order chi connectivity index (χ1) is 12.5. The van der Waals surface area contributed by atoms with Gasteiger partial charge in [-0.3, -0.25) is 0 Å². The Balaban J connectivity index is 1.65. The molecular formula is C17H10F4N4O. The first-order valence-corrected chi connectivity index (χ1v) is 7.53. The summed E-state index contributed by atoms with van der Waals surface area (Å²) in [5, 5.41) is 6.87. The third-order valence-corrected chi connectivity index (χ3v) is 3.77. The minimum absolute atomic E-state index is 0.0445. The van der Waals surface area contributed by atoms with Crippen molar-refractivity contribution in [3.05, 3.63) is 71.5 Å². The molecule has 0 aliphatic carbocycles. The second-order valence-electron chi connectivity index (χ2n) is 5.57. The fraction of sp³-hybridized carbons (Fsp3) is 0.118. The maximum absolute atomic E-state index is 13.8. The van der Waals surface area contributed by atoms with Crippen LogP contribution in [-0.4, -0.2) is 19.6 Å². The Morgan fingerprint density at radius 1 is 1.08 bits per heavy atom. The van der Waals surface area contributed by atoms with E-state index < -0.39 is 24.0 Å². The van der Waals surface area contributed by atoms with Crippen molar-refractivity contribution in [3.63, 3.8) is 0 Å². The molecule has 0 atom stereocenters. The summed E-state index contributed by atoms with van der Waals surface area (Å²) in [5.41, 5.74) is 1.80. The number of alkyl halides is 2. The molecule has 9 heteroatoms. The SMILES string of the molecule is Fc1ccc(Cc2cn3ccc(-c4nnc(C(F)F)o4)cc3n2)c(F)c1. The van der Waals surface area contributed by atoms with Crippen molar-refractivity contribution >= 4 is 5.65 Å². The van der Waals surface area contributed by atoms with Gasteiger partial charge in [-0.25, -0.2) is 13.8 Å². The number of halogens is 4. The highest BCUT2D eigenvalue weighted by molar-refractivity contribution is 5.60. The summed E-state index contributed by atoms with van der Waals surface area (Å²) >= 11 is 0. The lowest BCUT2D eigenvalue weighted by Gasteiger charge is -2.00. The second-order valence-corrected chi connectivity index (χ2v) is 5.57. The Kier molecular flexibility index (Phi) is 3.90. The van der Waals surface area contributed by atoms with E-state index in [-0.39, 0.29) is 12.3 Å². The zero-order chi connectivity index (χ0) is 18.3. The lowest BCUT2D eigenvalue weighted by atomic mass is 10.1. The molecule has 26 heavy (non-hydrogen) atoms. The van der Waals surface area contributed by atoms with Crippen molar-refractivity contribution < 1.29 is 22.0 Å². The number of hydrogen-bond donors (Lipinski definition) is 0. The van der Waals surface area contributed by atoms with Gasteiger partial charge < -0.3 is 8.82 Å². The summed E-state index contributed by atoms with van der Waals surface area (Å²) in [5.74, 6) is -2.09. The summed E-state index contributed by atoms with van der Waals surface area (Å²) in [6.45, 7) is 0. The molecule has 0 aliphatic heterocycles. The van der Waals surface area contributed by atoms with E-state index in [2.05, 4.69) is 15.2 Å². The van der Waals surface area contributed by atoms with Gasteiger partial charge in [-0.15, -0.1) is 10.2 Å². The summed E-state index contributed by atoms with van der Waals surface area (Å²) in [6, 6.07) is 6.57. The Hall–Kier alpha value is -3.23. The van der Waals surface area contributed by atoms with Crippen molar-refractivity contribution in [3.8, 4) is 11.5 Å². The van der Waals surface area contributed by atoms with Crippen LogP contribution < -0.4 is 0 Å². The largest absolute Gasteiger partial charge is 0.415 e. The average molecular weight is 362 g/mol. The Bertz CT molecular complexity index is 1090. The monoisotopic (exact) mass is 362 g/mol. The molecule has 3 heterocycles. The predicted molar refractivity (Wildman–Crippen MR) is 82.6 cm³/mol. The zero-order valence-electron chi connectivity index (χ0n) is 13.0. The number of fused-ring (bicyclic) bond motifs is 1. The second kappa shape index (κ2) is 6.25. The highest BCUT2D eigenvalue weighted by atomic mass is 19.3. The highest BCUT2D eigenvalue weighted by Crippen LogP contribution is 2.24. The number of imidazole rings is 1. The highest BCUT2D eigenvalue weighted by Gasteiger charge is 2.17. The maximum Gasteiger partial charge on any atom is 0.314 e. The van der Waals surface area contributed by atoms with Crippen molar-refractivity contribution in [1.82, 2.24) is 19.6 Å². The van der Waals surface area contributed by atoms with E-state index in [0.717, 1.165) is 6.07 Å². The third-order valence-electron chi connectivity index (χ3n) is 3.77. The van der Waals surface area contributed by atoms with Crippen molar-refractivity contribution in [2.24, 2.45) is 0 Å². The van der Waals surface area contributed by atoms with Gasteiger partial charge in [0.1, 0.15) is 17.3 Å². The van der Waals surface area contributed by atoms with Gasteiger partial charge in [0.2, 0.25) is 5.89 Å². The van der Waals surface area contributed by atoms with Gasteiger partial charge in [0, 0.05) is 30.4 Å². The number of nitrogens with zero attached hydrogens (tertiary/aromatic N) is 4. The minimum atomic E-state index is -2.84. The van der Waals surface area contributed by atoms with Gasteiger partial charge in [-0.2, -0.15) is 8.78 Å². The van der Waals surface area contributed by atoms with Crippen LogP contribution in [-0.2, 0) is 6.42 Å². The molecule has 0 amide bonds. The average Bonchev–Trinajstić information content (AvgIpc) is 3.23. The van der Waals surface area contributed by atoms with Crippen LogP contribution in [0.1, 0.15) is 23.6 Å². The smallest absolute Gasteiger partial charge is 0.314 e. The van der Waals surface area contributed by atoms with Crippen LogP contribution in [0, 0.1) is 11.6 Å². The summed E-state index contributed by atoms with van der Waals surface area (Å²) < 4.78 is 58.5. The van der Waals surface area contributed by atoms with Gasteiger partial charge in [0.05, 0.1) is 5.69 Å². The van der Waals surface area contributed by atoms with Gasteiger partial charge in [0.25, 0.3) is 5.89 Å². The Labute approximate surface area is 143 Å². The van der Waals surface area contributed by atoms with Crippen LogP contribution in [0.4, 0.5) is 17.6 Å². The molecule has 132 valence electrons. The van der Waals surface area contributed by atoms with Crippen LogP contribution in [0.15, 0.2) is 47.1 Å². The van der Waals surface area contributed by atoms with E-state index in [1.54, 1.807) is 28.9 Å². The van der Waals surface area contributed by atoms with Crippen LogP contribution in [0.25, 0.3) is 17.1 Å². The van der Waals surface area contributed by atoms with Gasteiger partial charge >= 0.3 is 6.43 Å². The zero-order valence-corrected chi connectivity index (χ0v) is 13.0. The molecule has 0 aliphatic rings. The van der Waals surface area contributed by atoms with Gasteiger partial charge in [-0.1, -0.05) is 6.07 Å². The molecule has 0 saturated carbocycles. The fourth-order valence-electron chi connectivity index (χ4n) is 2.55. The standard InChI is InChI=1S/C17H10F4N4O/c18-11-2-1-9(13(19)7-11)5-12-8-25-4-3-10(6-14(25)22-12)16-23-24-17(26-16)15(20)21/h1-4,6-8,15H,5H2. The molecule has 0 bridgehead atoms. The predicted octanol–water partition coefficient (Wildman–Crippen LogP) is 4.19. The number of aromatic nitrogens is 4. The van der Waals surface area contributed by atoms with Crippen molar-refractivity contribution in [2.75, 3.05) is 0 Å². The lowest BCUT2D eigenvalue weighted by Crippen LogP contribution is -1.93. The molecule has 1 aromatic carbocycles. The van der Waals surface area contributed by atoms with E-state index in [1.807, 2.05) is 0 Å². The maximum atomic E-state index is 13.8. The fourth-order valence-corrected chi connectivity index (χ4v) is 2.55. The van der Waals surface area contributed by atoms with Crippen LogP contribution in [0.3, 0.4) is 0 Å². The van der Waals surface area contributed by atoms with E-state index >= 15 is 0 Å². The lowest BCUT2D eigenvalue weighted by molar-refractivity contribution is 0.116. The van der Waals surface area contributed by atoms with Gasteiger partial charge in [0.15, 0.2) is 0 Å². The molecule has 0 N–H and O–H groups in total. The van der Waals surface area contributed by atoms with E-state index in [0.29, 0.717) is 22.5 Å². The quantitative estimate of drug-likeness (QED) is 0.511. The van der Waals surface area contributed by atoms with Crippen LogP contribution in [0.5, 0.6) is 0 Å². The molecule has 0 unspecified atom stereocenters. The topological polar surface area (TPSA) is 56.2 Å². The summed E-state index contributed by atoms with van der Waals surface area (Å²) in [4.78, 5) is 4.36. The third kappa shape index (κ3) is 3.03. The number of benzene rings is 1. The first kappa shape index (κ1) is 16.2. The molecule has 0 saturated heterocycles. The molecule has 5 nitrogen and oxygen atoms in total. The van der Waals surface area contributed by atoms with E-state index in [1.165, 1.54) is 12.1 Å². The molecule has 4 aromatic rings. The van der Waals surface area contributed by atoms with Crippen molar-refractivity contribution in [1.29, 1.82) is 0 Å². The minimum Gasteiger partial charge on any atom is -0.415 e. The molecule has 0 spiro atoms. The molecule has 0 radical (unpaired) electrons. The summed E-state index contributed by atoms with van der Waals surface area (Å²) in [6.07, 6.45) is 0.678. The summed E-state index contributed by atoms with van der Waals surface area (Å²) in [7, 11) is 0. The molecular weight excluding hydrogens is 352 g/mol. The van der Waals surface area contributed by atoms with E-state index in [4.69, 9.17) is 4.42 Å². The van der Waals surface area contributed by atoms with E-state index in [9.17, 15) is 17.6 Å².